The maximum absolute atomic E-state index is 12.6. The minimum absolute atomic E-state index is 0.0123. The van der Waals surface area contributed by atoms with E-state index in [1.807, 2.05) is 4.90 Å². The first kappa shape index (κ1) is 18.2. The normalized spacial score (nSPS) is 29.7. The van der Waals surface area contributed by atoms with Crippen molar-refractivity contribution < 1.29 is 13.2 Å². The van der Waals surface area contributed by atoms with Gasteiger partial charge in [0, 0.05) is 51.9 Å². The molecule has 1 N–H and O–H groups in total. The molecule has 144 valence electrons. The maximum atomic E-state index is 12.6. The van der Waals surface area contributed by atoms with Gasteiger partial charge in [-0.3, -0.25) is 0 Å². The van der Waals surface area contributed by atoms with E-state index in [9.17, 15) is 13.2 Å². The molecule has 1 aromatic heterocycles. The molecule has 7 nitrogen and oxygen atoms in total. The van der Waals surface area contributed by atoms with Crippen LogP contribution in [0.2, 0.25) is 0 Å². The Balaban J connectivity index is 1.30. The fraction of sp³-hybridized carbons (Fsp3) is 0.706. The molecule has 2 amide bonds. The number of piperidine rings is 1. The molecule has 1 aromatic rings. The number of nitrogens with one attached hydrogen (secondary N) is 1. The molecule has 1 atom stereocenters. The van der Waals surface area contributed by atoms with Crippen LogP contribution < -0.4 is 5.32 Å². The van der Waals surface area contributed by atoms with Crippen molar-refractivity contribution in [3.05, 3.63) is 17.5 Å². The van der Waals surface area contributed by atoms with Crippen LogP contribution in [0, 0.1) is 5.92 Å². The second-order valence-corrected chi connectivity index (χ2v) is 10.5. The molecule has 4 saturated heterocycles. The third-order valence-electron chi connectivity index (χ3n) is 5.80. The zero-order valence-electron chi connectivity index (χ0n) is 14.8. The summed E-state index contributed by atoms with van der Waals surface area (Å²) >= 11 is 1.25. The number of fused-ring (bicyclic) bond motifs is 4. The zero-order chi connectivity index (χ0) is 18.1. The summed E-state index contributed by atoms with van der Waals surface area (Å²) in [5.41, 5.74) is 0. The van der Waals surface area contributed by atoms with E-state index in [0.717, 1.165) is 45.4 Å². The average molecular weight is 399 g/mol. The lowest BCUT2D eigenvalue weighted by Crippen LogP contribution is -2.48. The van der Waals surface area contributed by atoms with E-state index in [1.54, 1.807) is 21.8 Å². The number of carbonyl (C=O) groups is 1. The monoisotopic (exact) mass is 398 g/mol. The third kappa shape index (κ3) is 3.62. The quantitative estimate of drug-likeness (QED) is 0.829. The zero-order valence-corrected chi connectivity index (χ0v) is 16.5. The van der Waals surface area contributed by atoms with E-state index < -0.39 is 10.0 Å². The number of sulfonamides is 1. The third-order valence-corrected chi connectivity index (χ3v) is 9.03. The van der Waals surface area contributed by atoms with E-state index in [1.165, 1.54) is 11.3 Å². The van der Waals surface area contributed by atoms with Gasteiger partial charge in [-0.15, -0.1) is 11.3 Å². The van der Waals surface area contributed by atoms with Crippen molar-refractivity contribution in [1.29, 1.82) is 0 Å². The maximum Gasteiger partial charge on any atom is 0.317 e. The highest BCUT2D eigenvalue weighted by Crippen LogP contribution is 2.27. The van der Waals surface area contributed by atoms with E-state index in [4.69, 9.17) is 0 Å². The van der Waals surface area contributed by atoms with Gasteiger partial charge in [-0.05, 0) is 36.6 Å². The molecule has 4 aliphatic rings. The number of thiophene rings is 1. The number of rotatable bonds is 4. The molecule has 4 aliphatic heterocycles. The van der Waals surface area contributed by atoms with Gasteiger partial charge in [0.25, 0.3) is 10.0 Å². The van der Waals surface area contributed by atoms with Crippen molar-refractivity contribution in [3.63, 3.8) is 0 Å². The summed E-state index contributed by atoms with van der Waals surface area (Å²) in [6.07, 6.45) is 2.91. The lowest BCUT2D eigenvalue weighted by molar-refractivity contribution is 0.169. The standard InChI is InChI=1S/C17H26N4O3S2/c22-17(21-10-9-19-6-4-15(21)5-7-19)18-12-14-3-8-20(13-14)26(23,24)16-2-1-11-25-16/h1-2,11,14-15H,3-10,12-13H2,(H,18,22). The van der Waals surface area contributed by atoms with Crippen LogP contribution in [-0.4, -0.2) is 80.4 Å². The minimum Gasteiger partial charge on any atom is -0.338 e. The number of amides is 2. The summed E-state index contributed by atoms with van der Waals surface area (Å²) in [4.78, 5) is 17.0. The van der Waals surface area contributed by atoms with E-state index in [-0.39, 0.29) is 11.9 Å². The number of carbonyl (C=O) groups excluding carboxylic acids is 1. The molecule has 0 aromatic carbocycles. The Hall–Kier alpha value is -1.16. The highest BCUT2D eigenvalue weighted by atomic mass is 32.2. The smallest absolute Gasteiger partial charge is 0.317 e. The molecular weight excluding hydrogens is 372 g/mol. The minimum atomic E-state index is -3.38. The average Bonchev–Trinajstić information content (AvgIpc) is 3.27. The Labute approximate surface area is 159 Å². The van der Waals surface area contributed by atoms with Gasteiger partial charge in [0.1, 0.15) is 4.21 Å². The molecule has 2 bridgehead atoms. The van der Waals surface area contributed by atoms with Crippen LogP contribution in [0.3, 0.4) is 0 Å². The van der Waals surface area contributed by atoms with Crippen LogP contribution in [0.5, 0.6) is 0 Å². The molecule has 0 radical (unpaired) electrons. The summed E-state index contributed by atoms with van der Waals surface area (Å²) in [5.74, 6) is 0.181. The number of urea groups is 1. The van der Waals surface area contributed by atoms with E-state index >= 15 is 0 Å². The predicted molar refractivity (Wildman–Crippen MR) is 101 cm³/mol. The second kappa shape index (κ2) is 7.46. The lowest BCUT2D eigenvalue weighted by atomic mass is 10.1. The van der Waals surface area contributed by atoms with Gasteiger partial charge in [-0.2, -0.15) is 4.31 Å². The highest BCUT2D eigenvalue weighted by Gasteiger charge is 2.35. The van der Waals surface area contributed by atoms with Gasteiger partial charge in [0.15, 0.2) is 0 Å². The fourth-order valence-electron chi connectivity index (χ4n) is 4.21. The molecule has 0 spiro atoms. The van der Waals surface area contributed by atoms with Gasteiger partial charge in [-0.25, -0.2) is 13.2 Å². The van der Waals surface area contributed by atoms with Crippen LogP contribution in [0.25, 0.3) is 0 Å². The first-order chi connectivity index (χ1) is 12.5. The van der Waals surface area contributed by atoms with Crippen molar-refractivity contribution in [2.24, 2.45) is 5.92 Å². The first-order valence-corrected chi connectivity index (χ1v) is 11.7. The molecule has 0 saturated carbocycles. The van der Waals surface area contributed by atoms with Gasteiger partial charge < -0.3 is 15.1 Å². The van der Waals surface area contributed by atoms with Crippen LogP contribution in [-0.2, 0) is 10.0 Å². The SMILES string of the molecule is O=C(NCC1CCN(S(=O)(=O)c2cccs2)C1)N1CCN2CCC1CC2. The van der Waals surface area contributed by atoms with Crippen LogP contribution in [0.4, 0.5) is 4.79 Å². The Kier molecular flexibility index (Phi) is 5.22. The highest BCUT2D eigenvalue weighted by molar-refractivity contribution is 7.91. The molecule has 5 heterocycles. The number of nitrogens with zero attached hydrogens (tertiary/aromatic N) is 3. The van der Waals surface area contributed by atoms with Crippen molar-refractivity contribution in [3.8, 4) is 0 Å². The molecule has 26 heavy (non-hydrogen) atoms. The summed E-state index contributed by atoms with van der Waals surface area (Å²) in [7, 11) is -3.38. The van der Waals surface area contributed by atoms with Crippen molar-refractivity contribution >= 4 is 27.4 Å². The van der Waals surface area contributed by atoms with E-state index in [2.05, 4.69) is 10.2 Å². The summed E-state index contributed by atoms with van der Waals surface area (Å²) < 4.78 is 27.1. The fourth-order valence-corrected chi connectivity index (χ4v) is 6.88. The summed E-state index contributed by atoms with van der Waals surface area (Å²) in [6.45, 7) is 5.49. The largest absolute Gasteiger partial charge is 0.338 e. The van der Waals surface area contributed by atoms with Gasteiger partial charge in [0.05, 0.1) is 0 Å². The Morgan fingerprint density at radius 2 is 1.96 bits per heavy atom. The second-order valence-electron chi connectivity index (χ2n) is 7.40. The van der Waals surface area contributed by atoms with Crippen LogP contribution in [0.15, 0.2) is 21.7 Å². The predicted octanol–water partition coefficient (Wildman–Crippen LogP) is 1.25. The molecule has 0 aliphatic carbocycles. The van der Waals surface area contributed by atoms with Crippen LogP contribution in [0.1, 0.15) is 19.3 Å². The van der Waals surface area contributed by atoms with Gasteiger partial charge >= 0.3 is 6.03 Å². The Bertz CT molecular complexity index is 729. The first-order valence-electron chi connectivity index (χ1n) is 9.34. The molecular formula is C17H26N4O3S2. The number of hydrogen-bond donors (Lipinski definition) is 1. The van der Waals surface area contributed by atoms with Gasteiger partial charge in [0.2, 0.25) is 0 Å². The molecule has 1 unspecified atom stereocenters. The van der Waals surface area contributed by atoms with Crippen LogP contribution >= 0.6 is 11.3 Å². The van der Waals surface area contributed by atoms with Crippen molar-refractivity contribution in [2.75, 3.05) is 45.8 Å². The summed E-state index contributed by atoms with van der Waals surface area (Å²) in [6, 6.07) is 3.78. The number of hydrogen-bond acceptors (Lipinski definition) is 5. The van der Waals surface area contributed by atoms with Crippen molar-refractivity contribution in [1.82, 2.24) is 19.4 Å². The van der Waals surface area contributed by atoms with Crippen molar-refractivity contribution in [2.45, 2.75) is 29.5 Å². The Morgan fingerprint density at radius 1 is 1.15 bits per heavy atom. The molecule has 9 heteroatoms. The van der Waals surface area contributed by atoms with Gasteiger partial charge in [-0.1, -0.05) is 6.07 Å². The topological polar surface area (TPSA) is 73.0 Å². The summed E-state index contributed by atoms with van der Waals surface area (Å²) in [5, 5.41) is 4.84. The molecule has 4 fully saturated rings. The lowest BCUT2D eigenvalue weighted by Gasteiger charge is -2.31. The molecule has 5 rings (SSSR count). The Morgan fingerprint density at radius 3 is 2.69 bits per heavy atom. The van der Waals surface area contributed by atoms with E-state index in [0.29, 0.717) is 29.9 Å².